The third-order valence-electron chi connectivity index (χ3n) is 2.28. The zero-order valence-corrected chi connectivity index (χ0v) is 7.60. The van der Waals surface area contributed by atoms with E-state index in [-0.39, 0.29) is 5.91 Å². The van der Waals surface area contributed by atoms with E-state index < -0.39 is 0 Å². The van der Waals surface area contributed by atoms with Crippen molar-refractivity contribution in [3.63, 3.8) is 0 Å². The Morgan fingerprint density at radius 1 is 1.55 bits per heavy atom. The zero-order chi connectivity index (χ0) is 8.27. The van der Waals surface area contributed by atoms with Crippen molar-refractivity contribution in [1.82, 2.24) is 4.90 Å². The van der Waals surface area contributed by atoms with Gasteiger partial charge in [-0.2, -0.15) is 0 Å². The largest absolute Gasteiger partial charge is 0.343 e. The lowest BCUT2D eigenvalue weighted by atomic mass is 9.99. The summed E-state index contributed by atoms with van der Waals surface area (Å²) in [5.74, 6) is 1.57. The Morgan fingerprint density at radius 3 is 2.45 bits per heavy atom. The summed E-state index contributed by atoms with van der Waals surface area (Å²) in [4.78, 5) is 12.8. The van der Waals surface area contributed by atoms with Crippen LogP contribution in [0.4, 0.5) is 0 Å². The molecule has 0 saturated carbocycles. The molecule has 0 aromatic carbocycles. The van der Waals surface area contributed by atoms with Crippen LogP contribution in [0.3, 0.4) is 0 Å². The van der Waals surface area contributed by atoms with Gasteiger partial charge in [0.05, 0.1) is 0 Å². The maximum absolute atomic E-state index is 10.9. The van der Waals surface area contributed by atoms with Crippen LogP contribution < -0.4 is 0 Å². The third kappa shape index (κ3) is 2.37. The molecule has 1 aliphatic heterocycles. The second kappa shape index (κ2) is 3.96. The van der Waals surface area contributed by atoms with E-state index in [1.807, 2.05) is 4.90 Å². The van der Waals surface area contributed by atoms with Gasteiger partial charge in [0.1, 0.15) is 0 Å². The summed E-state index contributed by atoms with van der Waals surface area (Å²) in [6.07, 6.45) is 2.14. The Hall–Kier alpha value is -0.240. The van der Waals surface area contributed by atoms with Gasteiger partial charge in [-0.15, -0.1) is 11.6 Å². The number of carbonyl (C=O) groups is 1. The van der Waals surface area contributed by atoms with Crippen molar-refractivity contribution in [2.45, 2.75) is 19.8 Å². The SMILES string of the molecule is CC(=O)N1CCC(CCl)CC1. The van der Waals surface area contributed by atoms with Crippen LogP contribution in [0, 0.1) is 5.92 Å². The lowest BCUT2D eigenvalue weighted by molar-refractivity contribution is -0.130. The predicted octanol–water partition coefficient (Wildman–Crippen LogP) is 1.48. The van der Waals surface area contributed by atoms with Crippen LogP contribution in [0.1, 0.15) is 19.8 Å². The van der Waals surface area contributed by atoms with Gasteiger partial charge in [-0.3, -0.25) is 4.79 Å². The van der Waals surface area contributed by atoms with Crippen LogP contribution in [0.15, 0.2) is 0 Å². The van der Waals surface area contributed by atoms with E-state index in [1.54, 1.807) is 6.92 Å². The number of rotatable bonds is 1. The van der Waals surface area contributed by atoms with E-state index in [1.165, 1.54) is 0 Å². The molecule has 0 bridgehead atoms. The summed E-state index contributed by atoms with van der Waals surface area (Å²) in [5, 5.41) is 0. The maximum atomic E-state index is 10.9. The fourth-order valence-corrected chi connectivity index (χ4v) is 1.71. The highest BCUT2D eigenvalue weighted by atomic mass is 35.5. The molecule has 0 aliphatic carbocycles. The van der Waals surface area contributed by atoms with Crippen molar-refractivity contribution < 1.29 is 4.79 Å². The molecule has 0 radical (unpaired) electrons. The van der Waals surface area contributed by atoms with E-state index in [2.05, 4.69) is 0 Å². The summed E-state index contributed by atoms with van der Waals surface area (Å²) in [6, 6.07) is 0. The highest BCUT2D eigenvalue weighted by molar-refractivity contribution is 6.18. The van der Waals surface area contributed by atoms with Gasteiger partial charge in [0.25, 0.3) is 0 Å². The first-order valence-corrected chi connectivity index (χ1v) is 4.59. The van der Waals surface area contributed by atoms with Crippen molar-refractivity contribution in [2.75, 3.05) is 19.0 Å². The first-order chi connectivity index (χ1) is 5.24. The Balaban J connectivity index is 2.30. The van der Waals surface area contributed by atoms with E-state index in [0.717, 1.165) is 31.8 Å². The topological polar surface area (TPSA) is 20.3 Å². The molecule has 64 valence electrons. The number of alkyl halides is 1. The number of hydrogen-bond donors (Lipinski definition) is 0. The molecule has 1 amide bonds. The first kappa shape index (κ1) is 8.85. The van der Waals surface area contributed by atoms with Crippen LogP contribution >= 0.6 is 11.6 Å². The van der Waals surface area contributed by atoms with Crippen molar-refractivity contribution in [3.05, 3.63) is 0 Å². The molecular formula is C8H14ClNO. The number of carbonyl (C=O) groups excluding carboxylic acids is 1. The molecule has 0 N–H and O–H groups in total. The Kier molecular flexibility index (Phi) is 3.18. The fraction of sp³-hybridized carbons (Fsp3) is 0.875. The highest BCUT2D eigenvalue weighted by Crippen LogP contribution is 2.17. The van der Waals surface area contributed by atoms with E-state index in [0.29, 0.717) is 5.92 Å². The number of nitrogens with zero attached hydrogens (tertiary/aromatic N) is 1. The third-order valence-corrected chi connectivity index (χ3v) is 2.71. The minimum Gasteiger partial charge on any atom is -0.343 e. The Bertz CT molecular complexity index is 141. The van der Waals surface area contributed by atoms with E-state index in [9.17, 15) is 4.79 Å². The highest BCUT2D eigenvalue weighted by Gasteiger charge is 2.19. The van der Waals surface area contributed by atoms with E-state index in [4.69, 9.17) is 11.6 Å². The molecule has 3 heteroatoms. The first-order valence-electron chi connectivity index (χ1n) is 4.05. The predicted molar refractivity (Wildman–Crippen MR) is 45.7 cm³/mol. The van der Waals surface area contributed by atoms with Crippen LogP contribution in [-0.2, 0) is 4.79 Å². The van der Waals surface area contributed by atoms with Gasteiger partial charge in [-0.25, -0.2) is 0 Å². The Labute approximate surface area is 72.5 Å². The summed E-state index contributed by atoms with van der Waals surface area (Å²) >= 11 is 5.70. The molecule has 1 aliphatic rings. The fourth-order valence-electron chi connectivity index (χ4n) is 1.40. The minimum atomic E-state index is 0.193. The molecule has 0 spiro atoms. The Morgan fingerprint density at radius 2 is 2.09 bits per heavy atom. The standard InChI is InChI=1S/C8H14ClNO/c1-7(11)10-4-2-8(6-9)3-5-10/h8H,2-6H2,1H3. The van der Waals surface area contributed by atoms with Gasteiger partial charge in [0, 0.05) is 25.9 Å². The van der Waals surface area contributed by atoms with E-state index >= 15 is 0 Å². The van der Waals surface area contributed by atoms with Crippen molar-refractivity contribution in [2.24, 2.45) is 5.92 Å². The van der Waals surface area contributed by atoms with Gasteiger partial charge in [0.15, 0.2) is 0 Å². The van der Waals surface area contributed by atoms with Crippen LogP contribution in [0.5, 0.6) is 0 Å². The number of halogens is 1. The van der Waals surface area contributed by atoms with Gasteiger partial charge in [-0.1, -0.05) is 0 Å². The number of piperidine rings is 1. The zero-order valence-electron chi connectivity index (χ0n) is 6.85. The molecule has 0 unspecified atom stereocenters. The molecule has 1 heterocycles. The van der Waals surface area contributed by atoms with Gasteiger partial charge < -0.3 is 4.90 Å². The van der Waals surface area contributed by atoms with Crippen molar-refractivity contribution in [1.29, 1.82) is 0 Å². The summed E-state index contributed by atoms with van der Waals surface area (Å²) in [5.41, 5.74) is 0. The molecule has 0 aromatic rings. The lowest BCUT2D eigenvalue weighted by Crippen LogP contribution is -2.37. The number of hydrogen-bond acceptors (Lipinski definition) is 1. The molecule has 0 atom stereocenters. The van der Waals surface area contributed by atoms with Gasteiger partial charge >= 0.3 is 0 Å². The number of likely N-dealkylation sites (tertiary alicyclic amines) is 1. The van der Waals surface area contributed by atoms with Gasteiger partial charge in [0.2, 0.25) is 5.91 Å². The maximum Gasteiger partial charge on any atom is 0.219 e. The molecule has 11 heavy (non-hydrogen) atoms. The molecule has 2 nitrogen and oxygen atoms in total. The van der Waals surface area contributed by atoms with Crippen molar-refractivity contribution >= 4 is 17.5 Å². The summed E-state index contributed by atoms with van der Waals surface area (Å²) in [7, 11) is 0. The smallest absolute Gasteiger partial charge is 0.219 e. The second-order valence-electron chi connectivity index (χ2n) is 3.10. The van der Waals surface area contributed by atoms with Crippen LogP contribution in [-0.4, -0.2) is 29.8 Å². The van der Waals surface area contributed by atoms with Crippen LogP contribution in [0.25, 0.3) is 0 Å². The monoisotopic (exact) mass is 175 g/mol. The molecule has 0 aromatic heterocycles. The number of amides is 1. The normalized spacial score (nSPS) is 20.4. The molecule has 1 fully saturated rings. The quantitative estimate of drug-likeness (QED) is 0.553. The average molecular weight is 176 g/mol. The molecular weight excluding hydrogens is 162 g/mol. The van der Waals surface area contributed by atoms with Crippen LogP contribution in [0.2, 0.25) is 0 Å². The summed E-state index contributed by atoms with van der Waals surface area (Å²) in [6.45, 7) is 3.42. The van der Waals surface area contributed by atoms with Gasteiger partial charge in [-0.05, 0) is 18.8 Å². The average Bonchev–Trinajstić information content (AvgIpc) is 2.05. The molecule has 1 saturated heterocycles. The molecule has 1 rings (SSSR count). The summed E-state index contributed by atoms with van der Waals surface area (Å²) < 4.78 is 0. The lowest BCUT2D eigenvalue weighted by Gasteiger charge is -2.30. The second-order valence-corrected chi connectivity index (χ2v) is 3.41. The minimum absolute atomic E-state index is 0.193. The van der Waals surface area contributed by atoms with Crippen molar-refractivity contribution in [3.8, 4) is 0 Å².